The minimum absolute atomic E-state index is 0.760. The Labute approximate surface area is 296 Å². The number of hydrogen-bond acceptors (Lipinski definition) is 2. The van der Waals surface area contributed by atoms with Crippen LogP contribution in [0.3, 0.4) is 0 Å². The van der Waals surface area contributed by atoms with Crippen LogP contribution in [0.25, 0.3) is 11.0 Å². The third-order valence-corrected chi connectivity index (χ3v) is 18.3. The molecular weight excluding hydrogens is 642 g/mol. The van der Waals surface area contributed by atoms with Crippen LogP contribution in [-0.2, 0) is 12.3 Å². The Bertz CT molecular complexity index is 1940. The van der Waals surface area contributed by atoms with E-state index in [1.165, 1.54) is 31.8 Å². The molecule has 0 fully saturated rings. The van der Waals surface area contributed by atoms with Crippen LogP contribution in [-0.4, -0.2) is 9.97 Å². The van der Waals surface area contributed by atoms with E-state index in [1.54, 1.807) is 0 Å². The molecule has 0 saturated heterocycles. The minimum Gasteiger partial charge on any atom is -0.245 e. The van der Waals surface area contributed by atoms with E-state index < -0.39 is 14.5 Å². The van der Waals surface area contributed by atoms with Crippen molar-refractivity contribution in [3.63, 3.8) is 0 Å². The first-order chi connectivity index (χ1) is 24.8. The maximum atomic E-state index is 5.58. The van der Waals surface area contributed by atoms with Crippen LogP contribution >= 0.6 is 14.5 Å². The van der Waals surface area contributed by atoms with E-state index in [0.29, 0.717) is 0 Å². The van der Waals surface area contributed by atoms with Crippen LogP contribution in [0.5, 0.6) is 0 Å². The van der Waals surface area contributed by atoms with E-state index in [1.807, 2.05) is 0 Å². The van der Waals surface area contributed by atoms with Crippen LogP contribution < -0.4 is 31.8 Å². The summed E-state index contributed by atoms with van der Waals surface area (Å²) in [5, 5.41) is 8.05. The first kappa shape index (κ1) is 32.0. The average molecular weight is 681 g/mol. The Morgan fingerprint density at radius 3 is 0.680 bits per heavy atom. The molecule has 0 aliphatic rings. The molecule has 1 heterocycles. The zero-order chi connectivity index (χ0) is 33.6. The lowest BCUT2D eigenvalue weighted by Gasteiger charge is -2.30. The van der Waals surface area contributed by atoms with Gasteiger partial charge in [-0.3, -0.25) is 0 Å². The SMILES string of the molecule is c1ccc([P+](Cc2nc3ccccc3nc2C[P+](c2ccccc2)(c2ccccc2)c2ccccc2)(c2ccccc2)c2ccccc2)cc1. The zero-order valence-corrected chi connectivity index (χ0v) is 29.6. The number of benzene rings is 7. The fourth-order valence-electron chi connectivity index (χ4n) is 7.31. The molecule has 2 nitrogen and oxygen atoms in total. The van der Waals surface area contributed by atoms with Crippen molar-refractivity contribution in [1.82, 2.24) is 9.97 Å². The van der Waals surface area contributed by atoms with Crippen molar-refractivity contribution < 1.29 is 0 Å². The van der Waals surface area contributed by atoms with Gasteiger partial charge in [0.2, 0.25) is 0 Å². The standard InChI is InChI=1S/C46H38N2P2/c1-7-21-37(22-8-1)49(38-23-9-2-10-24-38,39-25-11-3-12-26-39)35-45-46(48-44-34-20-19-33-43(44)47-45)36-50(40-27-13-4-14-28-40,41-29-15-5-16-30-41)42-31-17-6-18-32-42/h1-34H,35-36H2/q+2. The van der Waals surface area contributed by atoms with Crippen LogP contribution in [0, 0.1) is 0 Å². The molecule has 8 rings (SSSR count). The first-order valence-electron chi connectivity index (χ1n) is 17.1. The van der Waals surface area contributed by atoms with Crippen molar-refractivity contribution in [3.05, 3.63) is 218 Å². The van der Waals surface area contributed by atoms with Gasteiger partial charge >= 0.3 is 0 Å². The topological polar surface area (TPSA) is 25.8 Å². The highest BCUT2D eigenvalue weighted by molar-refractivity contribution is 7.95. The van der Waals surface area contributed by atoms with Crippen LogP contribution in [0.4, 0.5) is 0 Å². The van der Waals surface area contributed by atoms with E-state index in [0.717, 1.165) is 34.7 Å². The second kappa shape index (κ2) is 14.3. The van der Waals surface area contributed by atoms with Crippen molar-refractivity contribution in [1.29, 1.82) is 0 Å². The first-order valence-corrected chi connectivity index (χ1v) is 21.1. The largest absolute Gasteiger partial charge is 0.245 e. The van der Waals surface area contributed by atoms with Gasteiger partial charge in [-0.05, 0) is 84.9 Å². The van der Waals surface area contributed by atoms with E-state index in [2.05, 4.69) is 206 Å². The molecule has 50 heavy (non-hydrogen) atoms. The average Bonchev–Trinajstić information content (AvgIpc) is 3.21. The summed E-state index contributed by atoms with van der Waals surface area (Å²) in [4.78, 5) is 11.2. The van der Waals surface area contributed by atoms with Gasteiger partial charge in [0.1, 0.15) is 70.1 Å². The second-order valence-electron chi connectivity index (χ2n) is 12.6. The highest BCUT2D eigenvalue weighted by Crippen LogP contribution is 2.61. The van der Waals surface area contributed by atoms with Gasteiger partial charge in [-0.25, -0.2) is 9.97 Å². The van der Waals surface area contributed by atoms with Gasteiger partial charge in [-0.15, -0.1) is 0 Å². The molecule has 0 radical (unpaired) electrons. The van der Waals surface area contributed by atoms with Crippen molar-refractivity contribution in [2.24, 2.45) is 0 Å². The number of rotatable bonds is 10. The molecule has 4 heteroatoms. The van der Waals surface area contributed by atoms with Gasteiger partial charge in [0.05, 0.1) is 11.0 Å². The van der Waals surface area contributed by atoms with E-state index >= 15 is 0 Å². The van der Waals surface area contributed by atoms with Crippen LogP contribution in [0.15, 0.2) is 206 Å². The lowest BCUT2D eigenvalue weighted by atomic mass is 10.2. The Morgan fingerprint density at radius 1 is 0.260 bits per heavy atom. The highest BCUT2D eigenvalue weighted by Gasteiger charge is 2.50. The van der Waals surface area contributed by atoms with Gasteiger partial charge in [0, 0.05) is 0 Å². The molecule has 0 amide bonds. The van der Waals surface area contributed by atoms with E-state index in [-0.39, 0.29) is 0 Å². The molecule has 1 aromatic heterocycles. The summed E-state index contributed by atoms with van der Waals surface area (Å²) in [5.41, 5.74) is 4.00. The number of aromatic nitrogens is 2. The quantitative estimate of drug-likeness (QED) is 0.135. The molecule has 0 aliphatic heterocycles. The zero-order valence-electron chi connectivity index (χ0n) is 27.8. The Morgan fingerprint density at radius 2 is 0.460 bits per heavy atom. The Hall–Kier alpha value is -5.26. The third kappa shape index (κ3) is 5.96. The Kier molecular flexibility index (Phi) is 9.15. The van der Waals surface area contributed by atoms with Crippen molar-refractivity contribution in [2.75, 3.05) is 0 Å². The normalized spacial score (nSPS) is 11.8. The van der Waals surface area contributed by atoms with Gasteiger partial charge in [-0.1, -0.05) is 121 Å². The molecule has 0 bridgehead atoms. The molecule has 0 spiro atoms. The van der Waals surface area contributed by atoms with Gasteiger partial charge in [0.15, 0.2) is 0 Å². The van der Waals surface area contributed by atoms with Gasteiger partial charge < -0.3 is 0 Å². The summed E-state index contributed by atoms with van der Waals surface area (Å²) in [6.45, 7) is 0. The summed E-state index contributed by atoms with van der Waals surface area (Å²) in [5.74, 6) is 0. The molecular formula is C46H38N2P2+2. The maximum absolute atomic E-state index is 5.58. The third-order valence-electron chi connectivity index (χ3n) is 9.68. The van der Waals surface area contributed by atoms with E-state index in [9.17, 15) is 0 Å². The monoisotopic (exact) mass is 680 g/mol. The molecule has 0 atom stereocenters. The predicted octanol–water partition coefficient (Wildman–Crippen LogP) is 8.62. The molecule has 0 saturated carbocycles. The van der Waals surface area contributed by atoms with Gasteiger partial charge in [-0.2, -0.15) is 0 Å². The lowest BCUT2D eigenvalue weighted by Crippen LogP contribution is -2.34. The minimum atomic E-state index is -2.25. The van der Waals surface area contributed by atoms with Crippen LogP contribution in [0.1, 0.15) is 11.4 Å². The van der Waals surface area contributed by atoms with E-state index in [4.69, 9.17) is 9.97 Å². The van der Waals surface area contributed by atoms with Gasteiger partial charge in [0.25, 0.3) is 0 Å². The number of nitrogens with zero attached hydrogens (tertiary/aromatic N) is 2. The summed E-state index contributed by atoms with van der Waals surface area (Å²) < 4.78 is 0. The molecule has 0 unspecified atom stereocenters. The van der Waals surface area contributed by atoms with Crippen LogP contribution in [0.2, 0.25) is 0 Å². The number of para-hydroxylation sites is 2. The fraction of sp³-hybridized carbons (Fsp3) is 0.0435. The number of hydrogen-bond donors (Lipinski definition) is 0. The second-order valence-corrected chi connectivity index (χ2v) is 19.5. The smallest absolute Gasteiger partial charge is 0.118 e. The predicted molar refractivity (Wildman–Crippen MR) is 217 cm³/mol. The number of fused-ring (bicyclic) bond motifs is 1. The molecule has 240 valence electrons. The fourth-order valence-corrected chi connectivity index (χ4v) is 15.7. The molecule has 0 N–H and O–H groups in total. The van der Waals surface area contributed by atoms with Crippen molar-refractivity contribution in [3.8, 4) is 0 Å². The highest BCUT2D eigenvalue weighted by atomic mass is 31.2. The molecule has 7 aromatic carbocycles. The summed E-state index contributed by atoms with van der Waals surface area (Å²) in [7, 11) is -4.50. The summed E-state index contributed by atoms with van der Waals surface area (Å²) in [6.07, 6.45) is 1.52. The summed E-state index contributed by atoms with van der Waals surface area (Å²) in [6, 6.07) is 75.0. The Balaban J connectivity index is 1.42. The molecule has 0 aliphatic carbocycles. The van der Waals surface area contributed by atoms with Crippen molar-refractivity contribution >= 4 is 57.4 Å². The summed E-state index contributed by atoms with van der Waals surface area (Å²) >= 11 is 0. The maximum Gasteiger partial charge on any atom is 0.118 e. The lowest BCUT2D eigenvalue weighted by molar-refractivity contribution is 1.06. The molecule has 8 aromatic rings. The van der Waals surface area contributed by atoms with Crippen molar-refractivity contribution in [2.45, 2.75) is 12.3 Å².